The summed E-state index contributed by atoms with van der Waals surface area (Å²) in [4.78, 5) is 15.9. The largest absolute Gasteiger partial charge is 0.417 e. The van der Waals surface area contributed by atoms with E-state index in [2.05, 4.69) is 15.4 Å². The third-order valence-corrected chi connectivity index (χ3v) is 5.14. The molecule has 33 heavy (non-hydrogen) atoms. The maximum Gasteiger partial charge on any atom is 0.417 e. The summed E-state index contributed by atoms with van der Waals surface area (Å²) in [7, 11) is 1.69. The van der Waals surface area contributed by atoms with Crippen LogP contribution in [0.25, 0.3) is 11.3 Å². The van der Waals surface area contributed by atoms with Crippen LogP contribution >= 0.6 is 0 Å². The van der Waals surface area contributed by atoms with Crippen LogP contribution in [0.3, 0.4) is 0 Å². The van der Waals surface area contributed by atoms with Crippen molar-refractivity contribution in [1.29, 1.82) is 0 Å². The lowest BCUT2D eigenvalue weighted by molar-refractivity contribution is -0.137. The Balaban J connectivity index is 2.29. The molecule has 11 heteroatoms. The number of carbonyl (C=O) groups excluding carboxylic acids is 1. The van der Waals surface area contributed by atoms with Crippen LogP contribution in [-0.4, -0.2) is 21.1 Å². The number of benzene rings is 1. The molecule has 0 saturated heterocycles. The van der Waals surface area contributed by atoms with Crippen LogP contribution in [-0.2, 0) is 26.2 Å². The van der Waals surface area contributed by atoms with Crippen LogP contribution in [0.15, 0.2) is 18.3 Å². The molecule has 0 aliphatic carbocycles. The first-order valence-corrected chi connectivity index (χ1v) is 10.1. The fraction of sp³-hybridized carbons (Fsp3) is 0.318. The molecule has 0 unspecified atom stereocenters. The monoisotopic (exact) mass is 467 g/mol. The first-order valence-electron chi connectivity index (χ1n) is 10.1. The van der Waals surface area contributed by atoms with Crippen LogP contribution in [0.1, 0.15) is 46.2 Å². The van der Waals surface area contributed by atoms with Crippen molar-refractivity contribution >= 4 is 17.7 Å². The minimum atomic E-state index is -5.00. The highest BCUT2D eigenvalue weighted by Gasteiger charge is 2.39. The van der Waals surface area contributed by atoms with Gasteiger partial charge in [0.25, 0.3) is 0 Å². The summed E-state index contributed by atoms with van der Waals surface area (Å²) < 4.78 is 73.0. The SMILES string of the molecule is CCCc1nc(-c2cc(N)c(F)c(C)c2C(F)(F)F)c(F)c(NCc2ccn(C)n2)c1C=O. The van der Waals surface area contributed by atoms with Gasteiger partial charge in [-0.05, 0) is 31.0 Å². The van der Waals surface area contributed by atoms with E-state index in [0.717, 1.165) is 13.0 Å². The third-order valence-electron chi connectivity index (χ3n) is 5.14. The molecule has 176 valence electrons. The molecule has 0 atom stereocenters. The van der Waals surface area contributed by atoms with E-state index < -0.39 is 45.9 Å². The van der Waals surface area contributed by atoms with Crippen molar-refractivity contribution in [3.8, 4) is 11.3 Å². The number of nitrogen functional groups attached to an aromatic ring is 1. The second kappa shape index (κ2) is 9.16. The van der Waals surface area contributed by atoms with Crippen LogP contribution in [0, 0.1) is 18.6 Å². The van der Waals surface area contributed by atoms with Gasteiger partial charge in [-0.3, -0.25) is 9.48 Å². The van der Waals surface area contributed by atoms with Crippen molar-refractivity contribution < 1.29 is 26.7 Å². The summed E-state index contributed by atoms with van der Waals surface area (Å²) >= 11 is 0. The molecule has 0 radical (unpaired) electrons. The van der Waals surface area contributed by atoms with Crippen LogP contribution < -0.4 is 11.1 Å². The molecule has 3 aromatic rings. The second-order valence-corrected chi connectivity index (χ2v) is 7.54. The maximum atomic E-state index is 15.7. The highest BCUT2D eigenvalue weighted by atomic mass is 19.4. The van der Waals surface area contributed by atoms with Gasteiger partial charge in [-0.25, -0.2) is 13.8 Å². The summed E-state index contributed by atoms with van der Waals surface area (Å²) in [6.45, 7) is 2.70. The number of nitrogens with one attached hydrogen (secondary N) is 1. The summed E-state index contributed by atoms with van der Waals surface area (Å²) in [6, 6.07) is 2.38. The van der Waals surface area contributed by atoms with Gasteiger partial charge in [-0.2, -0.15) is 18.3 Å². The zero-order valence-corrected chi connectivity index (χ0v) is 18.1. The smallest absolute Gasteiger partial charge is 0.396 e. The normalized spacial score (nSPS) is 11.6. The van der Waals surface area contributed by atoms with Gasteiger partial charge >= 0.3 is 6.18 Å². The molecule has 6 nitrogen and oxygen atoms in total. The average molecular weight is 467 g/mol. The molecular weight excluding hydrogens is 445 g/mol. The van der Waals surface area contributed by atoms with Crippen molar-refractivity contribution in [2.24, 2.45) is 7.05 Å². The molecule has 2 heterocycles. The second-order valence-electron chi connectivity index (χ2n) is 7.54. The Morgan fingerprint density at radius 3 is 2.48 bits per heavy atom. The molecular formula is C22H22F5N5O. The predicted molar refractivity (Wildman–Crippen MR) is 114 cm³/mol. The lowest BCUT2D eigenvalue weighted by Crippen LogP contribution is -2.16. The molecule has 1 aromatic carbocycles. The number of alkyl halides is 3. The van der Waals surface area contributed by atoms with Crippen LogP contribution in [0.5, 0.6) is 0 Å². The van der Waals surface area contributed by atoms with Gasteiger partial charge in [0.2, 0.25) is 0 Å². The van der Waals surface area contributed by atoms with Crippen molar-refractivity contribution in [2.45, 2.75) is 39.4 Å². The molecule has 0 aliphatic rings. The minimum absolute atomic E-state index is 0.00430. The van der Waals surface area contributed by atoms with E-state index >= 15 is 4.39 Å². The number of aryl methyl sites for hydroxylation is 2. The highest BCUT2D eigenvalue weighted by Crippen LogP contribution is 2.43. The first-order chi connectivity index (χ1) is 15.5. The fourth-order valence-corrected chi connectivity index (χ4v) is 3.64. The van der Waals surface area contributed by atoms with Gasteiger partial charge in [-0.15, -0.1) is 0 Å². The Kier molecular flexibility index (Phi) is 6.71. The molecule has 0 aliphatic heterocycles. The number of anilines is 2. The minimum Gasteiger partial charge on any atom is -0.396 e. The number of aldehydes is 1. The number of nitrogens with two attached hydrogens (primary N) is 1. The Hall–Kier alpha value is -3.50. The van der Waals surface area contributed by atoms with Crippen LogP contribution in [0.2, 0.25) is 0 Å². The zero-order chi connectivity index (χ0) is 24.5. The first kappa shape index (κ1) is 24.1. The van der Waals surface area contributed by atoms with Gasteiger partial charge in [0.1, 0.15) is 11.5 Å². The summed E-state index contributed by atoms with van der Waals surface area (Å²) in [5, 5.41) is 6.91. The van der Waals surface area contributed by atoms with Crippen molar-refractivity contribution in [3.63, 3.8) is 0 Å². The van der Waals surface area contributed by atoms with Gasteiger partial charge in [0, 0.05) is 18.8 Å². The number of hydrogen-bond donors (Lipinski definition) is 2. The van der Waals surface area contributed by atoms with E-state index in [-0.39, 0.29) is 29.9 Å². The van der Waals surface area contributed by atoms with E-state index in [1.165, 1.54) is 4.68 Å². The van der Waals surface area contributed by atoms with Crippen molar-refractivity contribution in [1.82, 2.24) is 14.8 Å². The van der Waals surface area contributed by atoms with E-state index in [0.29, 0.717) is 18.4 Å². The molecule has 0 amide bonds. The Morgan fingerprint density at radius 2 is 1.94 bits per heavy atom. The maximum absolute atomic E-state index is 15.7. The number of halogens is 5. The predicted octanol–water partition coefficient (Wildman–Crippen LogP) is 5.05. The fourth-order valence-electron chi connectivity index (χ4n) is 3.64. The molecule has 0 bridgehead atoms. The molecule has 2 aromatic heterocycles. The Bertz CT molecular complexity index is 1200. The number of rotatable bonds is 7. The lowest BCUT2D eigenvalue weighted by atomic mass is 9.95. The van der Waals surface area contributed by atoms with Gasteiger partial charge < -0.3 is 11.1 Å². The average Bonchev–Trinajstić information content (AvgIpc) is 3.15. The molecule has 3 N–H and O–H groups in total. The number of carbonyl (C=O) groups is 1. The van der Waals surface area contributed by atoms with E-state index in [4.69, 9.17) is 5.73 Å². The summed E-state index contributed by atoms with van der Waals surface area (Å²) in [5.74, 6) is -2.41. The zero-order valence-electron chi connectivity index (χ0n) is 18.1. The lowest BCUT2D eigenvalue weighted by Gasteiger charge is -2.20. The molecule has 0 spiro atoms. The molecule has 0 fully saturated rings. The molecule has 3 rings (SSSR count). The van der Waals surface area contributed by atoms with Crippen molar-refractivity contribution in [3.05, 3.63) is 58.0 Å². The number of nitrogens with zero attached hydrogens (tertiary/aromatic N) is 3. The third kappa shape index (κ3) is 4.67. The summed E-state index contributed by atoms with van der Waals surface area (Å²) in [6.07, 6.45) is -2.24. The quantitative estimate of drug-likeness (QED) is 0.289. The molecule has 0 saturated carbocycles. The van der Waals surface area contributed by atoms with Gasteiger partial charge in [0.15, 0.2) is 12.1 Å². The Labute approximate surface area is 186 Å². The standard InChI is InChI=1S/C22H22F5N5O/c1-4-5-16-14(10-33)20(29-9-12-6-7-32(3)31-12)19(24)21(30-16)13-8-15(28)18(23)11(2)17(13)22(25,26)27/h6-8,10H,4-5,9,28H2,1-3H3,(H,29,30). The number of pyridine rings is 1. The van der Waals surface area contributed by atoms with Crippen LogP contribution in [0.4, 0.5) is 33.3 Å². The summed E-state index contributed by atoms with van der Waals surface area (Å²) in [5.41, 5.74) is 1.70. The topological polar surface area (TPSA) is 85.8 Å². The van der Waals surface area contributed by atoms with Crippen molar-refractivity contribution in [2.75, 3.05) is 11.1 Å². The van der Waals surface area contributed by atoms with E-state index in [9.17, 15) is 22.4 Å². The number of aromatic nitrogens is 3. The van der Waals surface area contributed by atoms with E-state index in [1.807, 2.05) is 0 Å². The van der Waals surface area contributed by atoms with Gasteiger partial charge in [-0.1, -0.05) is 13.3 Å². The Morgan fingerprint density at radius 1 is 1.24 bits per heavy atom. The number of hydrogen-bond acceptors (Lipinski definition) is 5. The highest BCUT2D eigenvalue weighted by molar-refractivity contribution is 5.88. The van der Waals surface area contributed by atoms with E-state index in [1.54, 1.807) is 26.2 Å². The van der Waals surface area contributed by atoms with Gasteiger partial charge in [0.05, 0.1) is 40.4 Å².